The number of nitrogens with zero attached hydrogens (tertiary/aromatic N) is 2. The van der Waals surface area contributed by atoms with E-state index in [9.17, 15) is 9.18 Å². The van der Waals surface area contributed by atoms with Crippen LogP contribution in [-0.4, -0.2) is 37.0 Å². The van der Waals surface area contributed by atoms with Crippen molar-refractivity contribution in [1.82, 2.24) is 4.90 Å². The van der Waals surface area contributed by atoms with E-state index in [1.807, 2.05) is 11.0 Å². The molecule has 1 aromatic rings. The van der Waals surface area contributed by atoms with Crippen LogP contribution in [0.4, 0.5) is 10.1 Å². The fourth-order valence-electron chi connectivity index (χ4n) is 2.04. The molecule has 0 unspecified atom stereocenters. The number of hydrogen-bond donors (Lipinski definition) is 0. The lowest BCUT2D eigenvalue weighted by atomic mass is 10.2. The zero-order chi connectivity index (χ0) is 13.0. The van der Waals surface area contributed by atoms with Gasteiger partial charge in [-0.05, 0) is 25.0 Å². The topological polar surface area (TPSA) is 23.6 Å². The largest absolute Gasteiger partial charge is 0.366 e. The second-order valence-corrected chi connectivity index (χ2v) is 4.11. The molecule has 0 saturated carbocycles. The Kier molecular flexibility index (Phi) is 3.83. The SMILES string of the molecule is CC#CC(=O)N1CCN(c2ccccc2F)CC1. The summed E-state index contributed by atoms with van der Waals surface area (Å²) in [5, 5.41) is 0. The van der Waals surface area contributed by atoms with Crippen molar-refractivity contribution in [3.8, 4) is 11.8 Å². The monoisotopic (exact) mass is 246 g/mol. The third kappa shape index (κ3) is 2.62. The van der Waals surface area contributed by atoms with Crippen LogP contribution in [0.15, 0.2) is 24.3 Å². The van der Waals surface area contributed by atoms with Crippen molar-refractivity contribution in [3.63, 3.8) is 0 Å². The molecule has 18 heavy (non-hydrogen) atoms. The number of hydrogen-bond acceptors (Lipinski definition) is 2. The van der Waals surface area contributed by atoms with Crippen LogP contribution in [0.25, 0.3) is 0 Å². The summed E-state index contributed by atoms with van der Waals surface area (Å²) in [5.41, 5.74) is 0.603. The first-order valence-corrected chi connectivity index (χ1v) is 5.93. The summed E-state index contributed by atoms with van der Waals surface area (Å²) >= 11 is 0. The van der Waals surface area contributed by atoms with Crippen LogP contribution in [-0.2, 0) is 4.79 Å². The maximum absolute atomic E-state index is 13.6. The second kappa shape index (κ2) is 5.54. The first kappa shape index (κ1) is 12.4. The van der Waals surface area contributed by atoms with E-state index in [1.165, 1.54) is 6.07 Å². The van der Waals surface area contributed by atoms with Crippen LogP contribution in [0.2, 0.25) is 0 Å². The normalized spacial score (nSPS) is 15.0. The number of rotatable bonds is 1. The molecule has 1 aliphatic rings. The molecule has 0 spiro atoms. The Balaban J connectivity index is 2.00. The number of benzene rings is 1. The highest BCUT2D eigenvalue weighted by molar-refractivity contribution is 5.93. The van der Waals surface area contributed by atoms with E-state index in [0.29, 0.717) is 31.9 Å². The van der Waals surface area contributed by atoms with Gasteiger partial charge in [-0.25, -0.2) is 4.39 Å². The van der Waals surface area contributed by atoms with Gasteiger partial charge in [-0.1, -0.05) is 18.1 Å². The van der Waals surface area contributed by atoms with Crippen molar-refractivity contribution in [2.75, 3.05) is 31.1 Å². The maximum atomic E-state index is 13.6. The molecule has 1 heterocycles. The van der Waals surface area contributed by atoms with Crippen molar-refractivity contribution >= 4 is 11.6 Å². The molecule has 0 N–H and O–H groups in total. The molecule has 1 saturated heterocycles. The predicted molar refractivity (Wildman–Crippen MR) is 68.6 cm³/mol. The molecule has 3 nitrogen and oxygen atoms in total. The van der Waals surface area contributed by atoms with Crippen molar-refractivity contribution < 1.29 is 9.18 Å². The molecular weight excluding hydrogens is 231 g/mol. The van der Waals surface area contributed by atoms with Crippen LogP contribution in [0.5, 0.6) is 0 Å². The first-order valence-electron chi connectivity index (χ1n) is 5.93. The van der Waals surface area contributed by atoms with Gasteiger partial charge in [-0.2, -0.15) is 0 Å². The minimum atomic E-state index is -0.217. The predicted octanol–water partition coefficient (Wildman–Crippen LogP) is 1.50. The number of carbonyl (C=O) groups excluding carboxylic acids is 1. The fraction of sp³-hybridized carbons (Fsp3) is 0.357. The number of amides is 1. The van der Waals surface area contributed by atoms with E-state index in [4.69, 9.17) is 0 Å². The van der Waals surface area contributed by atoms with Gasteiger partial charge in [0.05, 0.1) is 5.69 Å². The lowest BCUT2D eigenvalue weighted by Gasteiger charge is -2.35. The molecule has 0 aromatic heterocycles. The Morgan fingerprint density at radius 2 is 1.89 bits per heavy atom. The van der Waals surface area contributed by atoms with Gasteiger partial charge < -0.3 is 9.80 Å². The third-order valence-corrected chi connectivity index (χ3v) is 2.99. The number of halogens is 1. The van der Waals surface area contributed by atoms with E-state index >= 15 is 0 Å². The fourth-order valence-corrected chi connectivity index (χ4v) is 2.04. The van der Waals surface area contributed by atoms with Crippen molar-refractivity contribution in [1.29, 1.82) is 0 Å². The van der Waals surface area contributed by atoms with Gasteiger partial charge in [0.1, 0.15) is 5.82 Å². The summed E-state index contributed by atoms with van der Waals surface area (Å²) in [6, 6.07) is 6.71. The Morgan fingerprint density at radius 3 is 2.50 bits per heavy atom. The zero-order valence-corrected chi connectivity index (χ0v) is 10.3. The smallest absolute Gasteiger partial charge is 0.298 e. The first-order chi connectivity index (χ1) is 8.72. The molecule has 0 radical (unpaired) electrons. The van der Waals surface area contributed by atoms with Gasteiger partial charge in [0.25, 0.3) is 5.91 Å². The van der Waals surface area contributed by atoms with Gasteiger partial charge in [0, 0.05) is 26.2 Å². The summed E-state index contributed by atoms with van der Waals surface area (Å²) in [5.74, 6) is 4.76. The number of piperazine rings is 1. The van der Waals surface area contributed by atoms with Gasteiger partial charge in [0.2, 0.25) is 0 Å². The Morgan fingerprint density at radius 1 is 1.22 bits per heavy atom. The van der Waals surface area contributed by atoms with Crippen molar-refractivity contribution in [2.45, 2.75) is 6.92 Å². The van der Waals surface area contributed by atoms with E-state index < -0.39 is 0 Å². The minimum Gasteiger partial charge on any atom is -0.366 e. The van der Waals surface area contributed by atoms with Crippen LogP contribution < -0.4 is 4.90 Å². The van der Waals surface area contributed by atoms with Crippen molar-refractivity contribution in [3.05, 3.63) is 30.1 Å². The summed E-state index contributed by atoms with van der Waals surface area (Å²) in [6.07, 6.45) is 0. The summed E-state index contributed by atoms with van der Waals surface area (Å²) < 4.78 is 13.6. The van der Waals surface area contributed by atoms with Crippen molar-refractivity contribution in [2.24, 2.45) is 0 Å². The molecule has 4 heteroatoms. The highest BCUT2D eigenvalue weighted by Gasteiger charge is 2.21. The second-order valence-electron chi connectivity index (χ2n) is 4.11. The minimum absolute atomic E-state index is 0.148. The van der Waals surface area contributed by atoms with Crippen LogP contribution in [0, 0.1) is 17.7 Å². The molecule has 1 amide bonds. The van der Waals surface area contributed by atoms with E-state index in [0.717, 1.165) is 0 Å². The van der Waals surface area contributed by atoms with E-state index in [-0.39, 0.29) is 11.7 Å². The molecule has 94 valence electrons. The average molecular weight is 246 g/mol. The number of para-hydroxylation sites is 1. The Hall–Kier alpha value is -2.02. The van der Waals surface area contributed by atoms with Gasteiger partial charge in [0.15, 0.2) is 0 Å². The molecule has 2 rings (SSSR count). The average Bonchev–Trinajstić information content (AvgIpc) is 2.40. The molecule has 1 aromatic carbocycles. The number of carbonyl (C=O) groups is 1. The summed E-state index contributed by atoms with van der Waals surface area (Å²) in [7, 11) is 0. The van der Waals surface area contributed by atoms with Crippen LogP contribution >= 0.6 is 0 Å². The Labute approximate surface area is 106 Å². The molecule has 0 atom stereocenters. The van der Waals surface area contributed by atoms with Gasteiger partial charge >= 0.3 is 0 Å². The summed E-state index contributed by atoms with van der Waals surface area (Å²) in [4.78, 5) is 15.2. The van der Waals surface area contributed by atoms with Crippen LogP contribution in [0.1, 0.15) is 6.92 Å². The highest BCUT2D eigenvalue weighted by atomic mass is 19.1. The maximum Gasteiger partial charge on any atom is 0.298 e. The molecule has 0 bridgehead atoms. The van der Waals surface area contributed by atoms with Crippen LogP contribution in [0.3, 0.4) is 0 Å². The lowest BCUT2D eigenvalue weighted by molar-refractivity contribution is -0.125. The molecule has 1 fully saturated rings. The highest BCUT2D eigenvalue weighted by Crippen LogP contribution is 2.19. The van der Waals surface area contributed by atoms with E-state index in [2.05, 4.69) is 11.8 Å². The molecule has 0 aliphatic carbocycles. The third-order valence-electron chi connectivity index (χ3n) is 2.99. The summed E-state index contributed by atoms with van der Waals surface area (Å²) in [6.45, 7) is 4.09. The van der Waals surface area contributed by atoms with Gasteiger partial charge in [-0.15, -0.1) is 0 Å². The quantitative estimate of drug-likeness (QED) is 0.701. The Bertz CT molecular complexity index is 496. The van der Waals surface area contributed by atoms with Gasteiger partial charge in [-0.3, -0.25) is 4.79 Å². The molecule has 1 aliphatic heterocycles. The zero-order valence-electron chi connectivity index (χ0n) is 10.3. The van der Waals surface area contributed by atoms with E-state index in [1.54, 1.807) is 24.0 Å². The lowest BCUT2D eigenvalue weighted by Crippen LogP contribution is -2.48. The number of anilines is 1. The molecular formula is C14H15FN2O. The standard InChI is InChI=1S/C14H15FN2O/c1-2-5-14(18)17-10-8-16(9-11-17)13-7-4-3-6-12(13)15/h3-4,6-7H,8-11H2,1H3.